The van der Waals surface area contributed by atoms with Crippen molar-refractivity contribution in [2.45, 2.75) is 46.2 Å². The molecule has 1 N–H and O–H groups in total. The summed E-state index contributed by atoms with van der Waals surface area (Å²) in [5, 5.41) is 8.05. The topological polar surface area (TPSA) is 33.1 Å². The molecule has 0 radical (unpaired) electrons. The summed E-state index contributed by atoms with van der Waals surface area (Å²) in [6.07, 6.45) is 2.64. The molecule has 0 amide bonds. The van der Waals surface area contributed by atoms with Gasteiger partial charge < -0.3 is 5.32 Å². The maximum Gasteiger partial charge on any atom is 0.0597 e. The number of hydrogen-bond acceptors (Lipinski definition) is 3. The molecule has 4 nitrogen and oxygen atoms in total. The van der Waals surface area contributed by atoms with Crippen molar-refractivity contribution in [3.8, 4) is 0 Å². The molecule has 1 aliphatic heterocycles. The van der Waals surface area contributed by atoms with Gasteiger partial charge in [0.15, 0.2) is 0 Å². The first-order valence-electron chi connectivity index (χ1n) is 7.50. The third kappa shape index (κ3) is 4.32. The van der Waals surface area contributed by atoms with E-state index in [4.69, 9.17) is 0 Å². The largest absolute Gasteiger partial charge is 0.313 e. The van der Waals surface area contributed by atoms with E-state index in [9.17, 15) is 0 Å². The van der Waals surface area contributed by atoms with Gasteiger partial charge in [-0.25, -0.2) is 0 Å². The van der Waals surface area contributed by atoms with E-state index in [0.717, 1.165) is 25.3 Å². The van der Waals surface area contributed by atoms with Crippen molar-refractivity contribution in [3.63, 3.8) is 0 Å². The quantitative estimate of drug-likeness (QED) is 0.852. The molecule has 1 unspecified atom stereocenters. The highest BCUT2D eigenvalue weighted by atomic mass is 15.3. The molecule has 1 aromatic heterocycles. The molecule has 1 fully saturated rings. The highest BCUT2D eigenvalue weighted by Gasteiger charge is 2.19. The average Bonchev–Trinajstić information content (AvgIpc) is 2.89. The molecule has 108 valence electrons. The fraction of sp³-hybridized carbons (Fsp3) is 0.800. The van der Waals surface area contributed by atoms with Crippen LogP contribution in [-0.2, 0) is 13.6 Å². The lowest BCUT2D eigenvalue weighted by atomic mass is 10.1. The predicted molar refractivity (Wildman–Crippen MR) is 79.1 cm³/mol. The van der Waals surface area contributed by atoms with E-state index in [-0.39, 0.29) is 0 Å². The van der Waals surface area contributed by atoms with Crippen LogP contribution in [-0.4, -0.2) is 40.4 Å². The number of nitrogens with one attached hydrogen (secondary N) is 1. The average molecular weight is 264 g/mol. The zero-order valence-corrected chi connectivity index (χ0v) is 12.8. The molecule has 1 saturated heterocycles. The van der Waals surface area contributed by atoms with E-state index in [0.29, 0.717) is 12.0 Å². The van der Waals surface area contributed by atoms with Crippen LogP contribution in [0.2, 0.25) is 0 Å². The summed E-state index contributed by atoms with van der Waals surface area (Å²) in [6.45, 7) is 11.2. The Morgan fingerprint density at radius 3 is 2.84 bits per heavy atom. The summed E-state index contributed by atoms with van der Waals surface area (Å²) in [6, 6.07) is 2.88. The second-order valence-corrected chi connectivity index (χ2v) is 6.28. The maximum atomic E-state index is 4.45. The fourth-order valence-electron chi connectivity index (χ4n) is 2.99. The van der Waals surface area contributed by atoms with Crippen molar-refractivity contribution in [3.05, 3.63) is 17.5 Å². The van der Waals surface area contributed by atoms with Gasteiger partial charge in [0.25, 0.3) is 0 Å². The van der Waals surface area contributed by atoms with Crippen LogP contribution in [0.5, 0.6) is 0 Å². The third-order valence-electron chi connectivity index (χ3n) is 3.75. The highest BCUT2D eigenvalue weighted by molar-refractivity contribution is 5.08. The summed E-state index contributed by atoms with van der Waals surface area (Å²) in [7, 11) is 2.05. The van der Waals surface area contributed by atoms with E-state index >= 15 is 0 Å². The van der Waals surface area contributed by atoms with Crippen LogP contribution >= 0.6 is 0 Å². The monoisotopic (exact) mass is 264 g/mol. The van der Waals surface area contributed by atoms with Crippen LogP contribution in [0.3, 0.4) is 0 Å². The van der Waals surface area contributed by atoms with Gasteiger partial charge in [0.05, 0.1) is 11.4 Å². The van der Waals surface area contributed by atoms with Gasteiger partial charge >= 0.3 is 0 Å². The Balaban J connectivity index is 1.98. The first kappa shape index (κ1) is 14.5. The minimum Gasteiger partial charge on any atom is -0.313 e. The Kier molecular flexibility index (Phi) is 4.99. The molecule has 0 saturated carbocycles. The molecular formula is C15H28N4. The standard InChI is InChI=1S/C15H28N4/c1-12(2)9-19(10-14-6-5-7-16-14)11-15-8-13(3)17-18(15)4/h8,12,14,16H,5-7,9-11H2,1-4H3. The normalized spacial score (nSPS) is 19.8. The third-order valence-corrected chi connectivity index (χ3v) is 3.75. The minimum atomic E-state index is 0.674. The smallest absolute Gasteiger partial charge is 0.0597 e. The summed E-state index contributed by atoms with van der Waals surface area (Å²) in [5.41, 5.74) is 2.43. The second kappa shape index (κ2) is 6.53. The van der Waals surface area contributed by atoms with E-state index in [1.165, 1.54) is 25.1 Å². The molecule has 0 aromatic carbocycles. The first-order valence-corrected chi connectivity index (χ1v) is 7.50. The lowest BCUT2D eigenvalue weighted by molar-refractivity contribution is 0.211. The van der Waals surface area contributed by atoms with Crippen LogP contribution in [0, 0.1) is 12.8 Å². The zero-order valence-electron chi connectivity index (χ0n) is 12.8. The van der Waals surface area contributed by atoms with Crippen LogP contribution in [0.1, 0.15) is 38.1 Å². The molecule has 0 spiro atoms. The summed E-state index contributed by atoms with van der Waals surface area (Å²) in [5.74, 6) is 0.704. The van der Waals surface area contributed by atoms with Crippen molar-refractivity contribution in [2.24, 2.45) is 13.0 Å². The van der Waals surface area contributed by atoms with Gasteiger partial charge in [-0.15, -0.1) is 0 Å². The van der Waals surface area contributed by atoms with Gasteiger partial charge in [0.2, 0.25) is 0 Å². The van der Waals surface area contributed by atoms with Crippen LogP contribution < -0.4 is 5.32 Å². The lowest BCUT2D eigenvalue weighted by Crippen LogP contribution is -2.39. The van der Waals surface area contributed by atoms with E-state index in [1.54, 1.807) is 0 Å². The van der Waals surface area contributed by atoms with Gasteiger partial charge in [0, 0.05) is 32.7 Å². The van der Waals surface area contributed by atoms with Crippen LogP contribution in [0.4, 0.5) is 0 Å². The van der Waals surface area contributed by atoms with Crippen molar-refractivity contribution in [1.82, 2.24) is 20.0 Å². The molecular weight excluding hydrogens is 236 g/mol. The number of rotatable bonds is 6. The van der Waals surface area contributed by atoms with Crippen molar-refractivity contribution < 1.29 is 0 Å². The molecule has 2 heterocycles. The molecule has 2 rings (SSSR count). The van der Waals surface area contributed by atoms with Crippen molar-refractivity contribution in [1.29, 1.82) is 0 Å². The number of aromatic nitrogens is 2. The Hall–Kier alpha value is -0.870. The van der Waals surface area contributed by atoms with E-state index in [2.05, 4.69) is 42.2 Å². The van der Waals surface area contributed by atoms with Gasteiger partial charge in [-0.3, -0.25) is 9.58 Å². The van der Waals surface area contributed by atoms with Crippen LogP contribution in [0.25, 0.3) is 0 Å². The fourth-order valence-corrected chi connectivity index (χ4v) is 2.99. The van der Waals surface area contributed by atoms with Gasteiger partial charge in [-0.05, 0) is 38.3 Å². The van der Waals surface area contributed by atoms with Gasteiger partial charge in [-0.1, -0.05) is 13.8 Å². The maximum absolute atomic E-state index is 4.45. The summed E-state index contributed by atoms with van der Waals surface area (Å²) >= 11 is 0. The van der Waals surface area contributed by atoms with Gasteiger partial charge in [-0.2, -0.15) is 5.10 Å². The Bertz CT molecular complexity index is 391. The van der Waals surface area contributed by atoms with Gasteiger partial charge in [0.1, 0.15) is 0 Å². The molecule has 0 bridgehead atoms. The predicted octanol–water partition coefficient (Wildman–Crippen LogP) is 1.94. The molecule has 19 heavy (non-hydrogen) atoms. The molecule has 1 atom stereocenters. The molecule has 0 aliphatic carbocycles. The minimum absolute atomic E-state index is 0.674. The Labute approximate surface area is 117 Å². The van der Waals surface area contributed by atoms with Crippen LogP contribution in [0.15, 0.2) is 6.07 Å². The molecule has 1 aliphatic rings. The number of hydrogen-bond donors (Lipinski definition) is 1. The number of nitrogens with zero attached hydrogens (tertiary/aromatic N) is 3. The first-order chi connectivity index (χ1) is 9.04. The lowest BCUT2D eigenvalue weighted by Gasteiger charge is -2.27. The number of aryl methyl sites for hydroxylation is 2. The molecule has 4 heteroatoms. The van der Waals surface area contributed by atoms with E-state index in [1.807, 2.05) is 11.7 Å². The SMILES string of the molecule is Cc1cc(CN(CC(C)C)CC2CCCN2)n(C)n1. The van der Waals surface area contributed by atoms with Crippen molar-refractivity contribution in [2.75, 3.05) is 19.6 Å². The highest BCUT2D eigenvalue weighted by Crippen LogP contribution is 2.12. The molecule has 1 aromatic rings. The zero-order chi connectivity index (χ0) is 13.8. The second-order valence-electron chi connectivity index (χ2n) is 6.28. The van der Waals surface area contributed by atoms with E-state index < -0.39 is 0 Å². The summed E-state index contributed by atoms with van der Waals surface area (Å²) < 4.78 is 2.02. The summed E-state index contributed by atoms with van der Waals surface area (Å²) in [4.78, 5) is 2.57. The van der Waals surface area contributed by atoms with Crippen molar-refractivity contribution >= 4 is 0 Å². The Morgan fingerprint density at radius 2 is 2.32 bits per heavy atom. The Morgan fingerprint density at radius 1 is 1.53 bits per heavy atom.